The van der Waals surface area contributed by atoms with Gasteiger partial charge in [-0.2, -0.15) is 0 Å². The van der Waals surface area contributed by atoms with E-state index in [0.717, 1.165) is 5.69 Å². The maximum Gasteiger partial charge on any atom is 0.232 e. The van der Waals surface area contributed by atoms with Crippen LogP contribution >= 0.6 is 0 Å². The van der Waals surface area contributed by atoms with Crippen molar-refractivity contribution in [2.45, 2.75) is 13.5 Å². The number of hydrogen-bond donors (Lipinski definition) is 2. The molecular weight excluding hydrogens is 291 g/mol. The summed E-state index contributed by atoms with van der Waals surface area (Å²) in [6, 6.07) is 13.4. The third kappa shape index (κ3) is 4.46. The molecule has 0 saturated carbocycles. The molecule has 112 valence electrons. The molecule has 0 aliphatic carbocycles. The Balaban J connectivity index is 1.98. The molecule has 2 N–H and O–H groups in total. The molecule has 21 heavy (non-hydrogen) atoms. The van der Waals surface area contributed by atoms with Crippen LogP contribution in [0, 0.1) is 5.82 Å². The lowest BCUT2D eigenvalue weighted by Crippen LogP contribution is -2.14. The van der Waals surface area contributed by atoms with Crippen LogP contribution in [0.5, 0.6) is 0 Å². The molecule has 0 unspecified atom stereocenters. The van der Waals surface area contributed by atoms with Gasteiger partial charge in [-0.3, -0.25) is 4.72 Å². The highest BCUT2D eigenvalue weighted by atomic mass is 32.2. The van der Waals surface area contributed by atoms with Crippen molar-refractivity contribution >= 4 is 21.4 Å². The summed E-state index contributed by atoms with van der Waals surface area (Å²) in [4.78, 5) is 0. The van der Waals surface area contributed by atoms with Gasteiger partial charge in [0.25, 0.3) is 0 Å². The van der Waals surface area contributed by atoms with Gasteiger partial charge in [-0.1, -0.05) is 18.2 Å². The van der Waals surface area contributed by atoms with Crippen LogP contribution in [-0.4, -0.2) is 14.2 Å². The topological polar surface area (TPSA) is 58.2 Å². The average molecular weight is 308 g/mol. The molecule has 2 aromatic carbocycles. The van der Waals surface area contributed by atoms with E-state index in [0.29, 0.717) is 17.8 Å². The maximum atomic E-state index is 13.5. The van der Waals surface area contributed by atoms with Crippen LogP contribution in [0.25, 0.3) is 0 Å². The van der Waals surface area contributed by atoms with Crippen LogP contribution in [0.3, 0.4) is 0 Å². The second-order valence-corrected chi connectivity index (χ2v) is 6.54. The summed E-state index contributed by atoms with van der Waals surface area (Å²) in [5.74, 6) is -0.224. The van der Waals surface area contributed by atoms with E-state index in [2.05, 4.69) is 10.0 Å². The van der Waals surface area contributed by atoms with Crippen molar-refractivity contribution in [1.29, 1.82) is 0 Å². The minimum Gasteiger partial charge on any atom is -0.381 e. The van der Waals surface area contributed by atoms with Gasteiger partial charge in [-0.05, 0) is 37.3 Å². The predicted octanol–water partition coefficient (Wildman–Crippen LogP) is 3.20. The molecule has 4 nitrogen and oxygen atoms in total. The second kappa shape index (κ2) is 6.58. The molecule has 0 fully saturated rings. The van der Waals surface area contributed by atoms with E-state index in [-0.39, 0.29) is 11.6 Å². The van der Waals surface area contributed by atoms with Crippen molar-refractivity contribution in [3.8, 4) is 0 Å². The Morgan fingerprint density at radius 3 is 2.24 bits per heavy atom. The lowest BCUT2D eigenvalue weighted by molar-refractivity contribution is 0.602. The summed E-state index contributed by atoms with van der Waals surface area (Å²) in [6.07, 6.45) is 0. The molecule has 2 rings (SSSR count). The second-order valence-electron chi connectivity index (χ2n) is 4.53. The number of halogens is 1. The summed E-state index contributed by atoms with van der Waals surface area (Å²) in [7, 11) is -3.27. The quantitative estimate of drug-likeness (QED) is 0.861. The van der Waals surface area contributed by atoms with E-state index in [9.17, 15) is 12.8 Å². The van der Waals surface area contributed by atoms with E-state index in [1.807, 2.05) is 0 Å². The first-order chi connectivity index (χ1) is 10.00. The van der Waals surface area contributed by atoms with Crippen molar-refractivity contribution in [2.24, 2.45) is 0 Å². The molecule has 0 bridgehead atoms. The van der Waals surface area contributed by atoms with Gasteiger partial charge in [0.1, 0.15) is 5.82 Å². The number of anilines is 2. The minimum atomic E-state index is -3.27. The molecule has 2 aromatic rings. The Kier molecular flexibility index (Phi) is 4.80. The first-order valence-electron chi connectivity index (χ1n) is 6.58. The lowest BCUT2D eigenvalue weighted by Gasteiger charge is -2.09. The number of nitrogens with one attached hydrogen (secondary N) is 2. The van der Waals surface area contributed by atoms with E-state index in [1.54, 1.807) is 49.4 Å². The van der Waals surface area contributed by atoms with Gasteiger partial charge in [0.2, 0.25) is 10.0 Å². The molecule has 0 amide bonds. The SMILES string of the molecule is CCS(=O)(=O)Nc1ccc(NCc2ccccc2F)cc1. The highest BCUT2D eigenvalue weighted by molar-refractivity contribution is 7.92. The third-order valence-corrected chi connectivity index (χ3v) is 4.29. The van der Waals surface area contributed by atoms with Crippen molar-refractivity contribution < 1.29 is 12.8 Å². The Hall–Kier alpha value is -2.08. The Morgan fingerprint density at radius 1 is 1.00 bits per heavy atom. The Labute approximate surface area is 124 Å². The lowest BCUT2D eigenvalue weighted by atomic mass is 10.2. The van der Waals surface area contributed by atoms with Crippen LogP contribution in [-0.2, 0) is 16.6 Å². The monoisotopic (exact) mass is 308 g/mol. The molecule has 0 aromatic heterocycles. The summed E-state index contributed by atoms with van der Waals surface area (Å²) >= 11 is 0. The normalized spacial score (nSPS) is 11.1. The molecule has 0 saturated heterocycles. The first kappa shape index (κ1) is 15.3. The fourth-order valence-corrected chi connectivity index (χ4v) is 2.39. The van der Waals surface area contributed by atoms with Gasteiger partial charge < -0.3 is 5.32 Å². The minimum absolute atomic E-state index is 0.0281. The summed E-state index contributed by atoms with van der Waals surface area (Å²) < 4.78 is 38.8. The van der Waals surface area contributed by atoms with Gasteiger partial charge in [0.05, 0.1) is 5.75 Å². The van der Waals surface area contributed by atoms with E-state index in [4.69, 9.17) is 0 Å². The van der Waals surface area contributed by atoms with Gasteiger partial charge in [-0.15, -0.1) is 0 Å². The fraction of sp³-hybridized carbons (Fsp3) is 0.200. The van der Waals surface area contributed by atoms with Gasteiger partial charge in [-0.25, -0.2) is 12.8 Å². The molecule has 0 aliphatic heterocycles. The van der Waals surface area contributed by atoms with E-state index < -0.39 is 10.0 Å². The van der Waals surface area contributed by atoms with Gasteiger partial charge in [0, 0.05) is 23.5 Å². The van der Waals surface area contributed by atoms with Crippen molar-refractivity contribution in [2.75, 3.05) is 15.8 Å². The van der Waals surface area contributed by atoms with E-state index >= 15 is 0 Å². The van der Waals surface area contributed by atoms with Gasteiger partial charge in [0.15, 0.2) is 0 Å². The standard InChI is InChI=1S/C15H17FN2O2S/c1-2-21(19,20)18-14-9-7-13(8-10-14)17-11-12-5-3-4-6-15(12)16/h3-10,17-18H,2,11H2,1H3. The predicted molar refractivity (Wildman–Crippen MR) is 83.3 cm³/mol. The van der Waals surface area contributed by atoms with Crippen molar-refractivity contribution in [1.82, 2.24) is 0 Å². The smallest absolute Gasteiger partial charge is 0.232 e. The van der Waals surface area contributed by atoms with E-state index in [1.165, 1.54) is 6.07 Å². The number of rotatable bonds is 6. The number of hydrogen-bond acceptors (Lipinski definition) is 3. The van der Waals surface area contributed by atoms with Crippen LogP contribution in [0.1, 0.15) is 12.5 Å². The molecule has 6 heteroatoms. The van der Waals surface area contributed by atoms with Crippen LogP contribution in [0.15, 0.2) is 48.5 Å². The zero-order chi connectivity index (χ0) is 15.3. The zero-order valence-corrected chi connectivity index (χ0v) is 12.5. The number of benzene rings is 2. The highest BCUT2D eigenvalue weighted by Crippen LogP contribution is 2.16. The average Bonchev–Trinajstić information content (AvgIpc) is 2.48. The molecular formula is C15H17FN2O2S. The van der Waals surface area contributed by atoms with Gasteiger partial charge >= 0.3 is 0 Å². The third-order valence-electron chi connectivity index (χ3n) is 2.98. The van der Waals surface area contributed by atoms with Crippen molar-refractivity contribution in [3.63, 3.8) is 0 Å². The largest absolute Gasteiger partial charge is 0.381 e. The van der Waals surface area contributed by atoms with Crippen LogP contribution < -0.4 is 10.0 Å². The number of sulfonamides is 1. The Bertz CT molecular complexity index is 700. The van der Waals surface area contributed by atoms with Crippen molar-refractivity contribution in [3.05, 3.63) is 59.9 Å². The molecule has 0 atom stereocenters. The summed E-state index contributed by atoms with van der Waals surface area (Å²) in [6.45, 7) is 1.94. The summed E-state index contributed by atoms with van der Waals surface area (Å²) in [5.41, 5.74) is 1.87. The maximum absolute atomic E-state index is 13.5. The molecule has 0 aliphatic rings. The molecule has 0 spiro atoms. The zero-order valence-electron chi connectivity index (χ0n) is 11.6. The fourth-order valence-electron chi connectivity index (χ4n) is 1.75. The first-order valence-corrected chi connectivity index (χ1v) is 8.23. The summed E-state index contributed by atoms with van der Waals surface area (Å²) in [5, 5.41) is 3.09. The van der Waals surface area contributed by atoms with Crippen LogP contribution in [0.2, 0.25) is 0 Å². The molecule has 0 radical (unpaired) electrons. The van der Waals surface area contributed by atoms with Crippen LogP contribution in [0.4, 0.5) is 15.8 Å². The Morgan fingerprint density at radius 2 is 1.62 bits per heavy atom. The molecule has 0 heterocycles. The highest BCUT2D eigenvalue weighted by Gasteiger charge is 2.06.